The van der Waals surface area contributed by atoms with Crippen molar-refractivity contribution in [2.24, 2.45) is 0 Å². The van der Waals surface area contributed by atoms with E-state index in [1.807, 2.05) is 0 Å². The van der Waals surface area contributed by atoms with Crippen molar-refractivity contribution >= 4 is 0 Å². The van der Waals surface area contributed by atoms with E-state index in [4.69, 9.17) is 0 Å². The number of hydrogen-bond acceptors (Lipinski definition) is 0. The zero-order chi connectivity index (χ0) is 21.3. The quantitative estimate of drug-likeness (QED) is 0.173. The van der Waals surface area contributed by atoms with Crippen molar-refractivity contribution < 1.29 is 4.57 Å². The van der Waals surface area contributed by atoms with Crippen LogP contribution in [0.25, 0.3) is 5.69 Å². The maximum atomic E-state index is 2.51. The van der Waals surface area contributed by atoms with Gasteiger partial charge < -0.3 is 0 Å². The first-order valence-electron chi connectivity index (χ1n) is 13.0. The Bertz CT molecular complexity index is 644. The molecule has 168 valence electrons. The van der Waals surface area contributed by atoms with Gasteiger partial charge in [0.05, 0.1) is 6.54 Å². The number of benzene rings is 1. The number of nitrogens with zero attached hydrogens (tertiary/aromatic N) is 2. The molecule has 2 nitrogen and oxygen atoms in total. The second-order valence-corrected chi connectivity index (χ2v) is 8.96. The number of aromatic nitrogens is 2. The fourth-order valence-electron chi connectivity index (χ4n) is 4.41. The van der Waals surface area contributed by atoms with Crippen LogP contribution in [0.4, 0.5) is 0 Å². The summed E-state index contributed by atoms with van der Waals surface area (Å²) in [7, 11) is 0. The van der Waals surface area contributed by atoms with Gasteiger partial charge in [-0.15, -0.1) is 0 Å². The van der Waals surface area contributed by atoms with Crippen molar-refractivity contribution in [3.8, 4) is 5.69 Å². The van der Waals surface area contributed by atoms with Crippen LogP contribution >= 0.6 is 0 Å². The van der Waals surface area contributed by atoms with Crippen LogP contribution in [-0.2, 0) is 13.0 Å². The highest BCUT2D eigenvalue weighted by Gasteiger charge is 2.17. The summed E-state index contributed by atoms with van der Waals surface area (Å²) in [6.45, 7) is 5.75. The molecule has 0 aliphatic heterocycles. The molecule has 0 amide bonds. The number of rotatable bonds is 18. The van der Waals surface area contributed by atoms with Crippen molar-refractivity contribution in [3.63, 3.8) is 0 Å². The van der Waals surface area contributed by atoms with Crippen LogP contribution in [0.3, 0.4) is 0 Å². The molecule has 1 aromatic carbocycles. The van der Waals surface area contributed by atoms with Crippen LogP contribution in [0.5, 0.6) is 0 Å². The minimum Gasteiger partial charge on any atom is -0.234 e. The summed E-state index contributed by atoms with van der Waals surface area (Å²) < 4.78 is 4.91. The second kappa shape index (κ2) is 16.2. The van der Waals surface area contributed by atoms with E-state index in [9.17, 15) is 0 Å². The molecule has 1 heterocycles. The van der Waals surface area contributed by atoms with Gasteiger partial charge in [-0.3, -0.25) is 0 Å². The van der Waals surface area contributed by atoms with E-state index >= 15 is 0 Å². The summed E-state index contributed by atoms with van der Waals surface area (Å²) in [5.74, 6) is 1.47. The summed E-state index contributed by atoms with van der Waals surface area (Å²) in [4.78, 5) is 0. The van der Waals surface area contributed by atoms with Crippen LogP contribution < -0.4 is 4.57 Å². The van der Waals surface area contributed by atoms with Crippen LogP contribution in [0.2, 0.25) is 0 Å². The number of para-hydroxylation sites is 1. The van der Waals surface area contributed by atoms with Crippen molar-refractivity contribution in [1.82, 2.24) is 4.57 Å². The molecule has 0 fully saturated rings. The van der Waals surface area contributed by atoms with Gasteiger partial charge in [0.1, 0.15) is 18.1 Å². The minimum absolute atomic E-state index is 1.17. The van der Waals surface area contributed by atoms with Gasteiger partial charge in [-0.25, -0.2) is 4.57 Å². The lowest BCUT2D eigenvalue weighted by molar-refractivity contribution is -0.704. The maximum absolute atomic E-state index is 2.51. The molecule has 2 heteroatoms. The molecule has 0 atom stereocenters. The standard InChI is InChI=1S/C28H47N2/c1-3-5-7-8-9-10-11-12-13-14-15-20-24-29-25-26-30(27-21-18-16-19-22-27)28(29)23-17-6-4-2/h16,18-19,21-22,25-26H,3-15,17,20,23-24H2,1-2H3/q+1. The predicted octanol–water partition coefficient (Wildman–Crippen LogP) is 8.20. The van der Waals surface area contributed by atoms with E-state index in [0.717, 1.165) is 0 Å². The van der Waals surface area contributed by atoms with Gasteiger partial charge in [0, 0.05) is 6.42 Å². The van der Waals surface area contributed by atoms with Gasteiger partial charge in [-0.05, 0) is 31.4 Å². The largest absolute Gasteiger partial charge is 0.261 e. The molecule has 0 saturated heterocycles. The van der Waals surface area contributed by atoms with E-state index in [1.165, 1.54) is 121 Å². The minimum atomic E-state index is 1.17. The normalized spacial score (nSPS) is 11.3. The van der Waals surface area contributed by atoms with E-state index in [2.05, 4.69) is 65.7 Å². The number of hydrogen-bond donors (Lipinski definition) is 0. The molecule has 0 unspecified atom stereocenters. The zero-order valence-corrected chi connectivity index (χ0v) is 20.0. The first-order chi connectivity index (χ1) is 14.9. The van der Waals surface area contributed by atoms with E-state index in [0.29, 0.717) is 0 Å². The topological polar surface area (TPSA) is 8.81 Å². The number of unbranched alkanes of at least 4 members (excludes halogenated alkanes) is 13. The lowest BCUT2D eigenvalue weighted by Gasteiger charge is -2.06. The van der Waals surface area contributed by atoms with Crippen LogP contribution in [0.1, 0.15) is 116 Å². The Hall–Kier alpha value is -1.57. The van der Waals surface area contributed by atoms with E-state index < -0.39 is 0 Å². The van der Waals surface area contributed by atoms with Gasteiger partial charge in [0.15, 0.2) is 0 Å². The van der Waals surface area contributed by atoms with E-state index in [1.54, 1.807) is 0 Å². The first kappa shape index (κ1) is 24.7. The Balaban J connectivity index is 1.67. The molecular weight excluding hydrogens is 364 g/mol. The monoisotopic (exact) mass is 411 g/mol. The molecule has 30 heavy (non-hydrogen) atoms. The fraction of sp³-hybridized carbons (Fsp3) is 0.679. The average Bonchev–Trinajstić information content (AvgIpc) is 3.18. The van der Waals surface area contributed by atoms with Crippen LogP contribution in [0.15, 0.2) is 42.7 Å². The average molecular weight is 412 g/mol. The maximum Gasteiger partial charge on any atom is 0.261 e. The molecule has 0 saturated carbocycles. The van der Waals surface area contributed by atoms with Gasteiger partial charge in [-0.2, -0.15) is 4.57 Å². The molecule has 0 bridgehead atoms. The molecular formula is C28H47N2+. The number of imidazole rings is 1. The Morgan fingerprint density at radius 3 is 1.77 bits per heavy atom. The predicted molar refractivity (Wildman–Crippen MR) is 130 cm³/mol. The van der Waals surface area contributed by atoms with Crippen molar-refractivity contribution in [2.45, 2.75) is 123 Å². The van der Waals surface area contributed by atoms with Crippen LogP contribution in [0, 0.1) is 0 Å². The Labute approximate surface area is 186 Å². The third kappa shape index (κ3) is 9.49. The Morgan fingerprint density at radius 2 is 1.17 bits per heavy atom. The number of aryl methyl sites for hydroxylation is 1. The molecule has 2 rings (SSSR count). The lowest BCUT2D eigenvalue weighted by Crippen LogP contribution is -2.37. The molecule has 0 aliphatic rings. The third-order valence-corrected chi connectivity index (χ3v) is 6.30. The van der Waals surface area contributed by atoms with Gasteiger partial charge in [0.2, 0.25) is 0 Å². The SMILES string of the molecule is CCCCCCCCCCCCCC[n+]1ccn(-c2ccccc2)c1CCCCC. The first-order valence-corrected chi connectivity index (χ1v) is 13.0. The zero-order valence-electron chi connectivity index (χ0n) is 20.0. The molecule has 0 spiro atoms. The van der Waals surface area contributed by atoms with Gasteiger partial charge >= 0.3 is 0 Å². The summed E-state index contributed by atoms with van der Waals surface area (Å²) in [6, 6.07) is 10.8. The summed E-state index contributed by atoms with van der Waals surface area (Å²) in [5.41, 5.74) is 1.29. The molecule has 0 N–H and O–H groups in total. The van der Waals surface area contributed by atoms with Crippen molar-refractivity contribution in [1.29, 1.82) is 0 Å². The van der Waals surface area contributed by atoms with Crippen molar-refractivity contribution in [2.75, 3.05) is 0 Å². The summed E-state index contributed by atoms with van der Waals surface area (Å²) in [6.07, 6.45) is 26.6. The third-order valence-electron chi connectivity index (χ3n) is 6.30. The molecule has 0 aliphatic carbocycles. The Morgan fingerprint density at radius 1 is 0.633 bits per heavy atom. The summed E-state index contributed by atoms with van der Waals surface area (Å²) in [5, 5.41) is 0. The fourth-order valence-corrected chi connectivity index (χ4v) is 4.41. The smallest absolute Gasteiger partial charge is 0.234 e. The van der Waals surface area contributed by atoms with Gasteiger partial charge in [-0.1, -0.05) is 109 Å². The highest BCUT2D eigenvalue weighted by atomic mass is 15.1. The Kier molecular flexibility index (Phi) is 13.3. The summed E-state index contributed by atoms with van der Waals surface area (Å²) >= 11 is 0. The molecule has 0 radical (unpaired) electrons. The molecule has 1 aromatic heterocycles. The lowest BCUT2D eigenvalue weighted by atomic mass is 10.1. The van der Waals surface area contributed by atoms with Crippen LogP contribution in [-0.4, -0.2) is 4.57 Å². The highest BCUT2D eigenvalue weighted by molar-refractivity contribution is 5.31. The van der Waals surface area contributed by atoms with Crippen molar-refractivity contribution in [3.05, 3.63) is 48.5 Å². The highest BCUT2D eigenvalue weighted by Crippen LogP contribution is 2.14. The van der Waals surface area contributed by atoms with E-state index in [-0.39, 0.29) is 0 Å². The van der Waals surface area contributed by atoms with Gasteiger partial charge in [0.25, 0.3) is 5.82 Å². The molecule has 2 aromatic rings. The second-order valence-electron chi connectivity index (χ2n) is 8.96.